The molecule has 0 N–H and O–H groups in total. The number of methoxy groups -OCH3 is 1. The second-order valence-corrected chi connectivity index (χ2v) is 8.75. The minimum atomic E-state index is -0.0405. The number of pyridine rings is 1. The third kappa shape index (κ3) is 4.55. The lowest BCUT2D eigenvalue weighted by Gasteiger charge is -2.20. The number of hydrogen-bond donors (Lipinski definition) is 0. The zero-order valence-corrected chi connectivity index (χ0v) is 19.1. The van der Waals surface area contributed by atoms with Gasteiger partial charge < -0.3 is 4.74 Å². The Bertz CT molecular complexity index is 1240. The summed E-state index contributed by atoms with van der Waals surface area (Å²) >= 11 is 7.79. The van der Waals surface area contributed by atoms with E-state index in [0.717, 1.165) is 15.8 Å². The molecule has 7 heteroatoms. The van der Waals surface area contributed by atoms with Crippen LogP contribution in [0, 0.1) is 13.8 Å². The van der Waals surface area contributed by atoms with Crippen molar-refractivity contribution in [3.8, 4) is 5.75 Å². The third-order valence-corrected chi connectivity index (χ3v) is 6.73. The molecule has 0 spiro atoms. The van der Waals surface area contributed by atoms with Crippen molar-refractivity contribution in [2.75, 3.05) is 12.0 Å². The molecule has 1 amide bonds. The highest BCUT2D eigenvalue weighted by Gasteiger charge is 2.23. The van der Waals surface area contributed by atoms with Crippen LogP contribution in [0.5, 0.6) is 5.75 Å². The minimum absolute atomic E-state index is 0.0405. The first-order valence-corrected chi connectivity index (χ1v) is 11.0. The van der Waals surface area contributed by atoms with Crippen LogP contribution in [0.4, 0.5) is 5.13 Å². The van der Waals surface area contributed by atoms with Gasteiger partial charge in [0, 0.05) is 12.4 Å². The van der Waals surface area contributed by atoms with Crippen LogP contribution in [0.3, 0.4) is 0 Å². The summed E-state index contributed by atoms with van der Waals surface area (Å²) in [7, 11) is 1.60. The first-order chi connectivity index (χ1) is 15.0. The van der Waals surface area contributed by atoms with Crippen LogP contribution >= 0.6 is 22.9 Å². The number of aryl methyl sites for hydroxylation is 2. The zero-order chi connectivity index (χ0) is 22.0. The molecule has 0 bridgehead atoms. The average molecular weight is 452 g/mol. The van der Waals surface area contributed by atoms with Crippen LogP contribution in [0.2, 0.25) is 5.02 Å². The normalized spacial score (nSPS) is 11.0. The molecular formula is C24H22ClN3O2S. The molecule has 2 heterocycles. The van der Waals surface area contributed by atoms with Crippen LogP contribution in [0.1, 0.15) is 22.3 Å². The summed E-state index contributed by atoms with van der Waals surface area (Å²) in [6.07, 6.45) is 3.76. The number of halogens is 1. The van der Waals surface area contributed by atoms with Gasteiger partial charge in [-0.2, -0.15) is 0 Å². The molecule has 4 rings (SSSR count). The molecule has 0 radical (unpaired) electrons. The van der Waals surface area contributed by atoms with Crippen LogP contribution in [-0.4, -0.2) is 23.0 Å². The molecule has 2 aromatic heterocycles. The summed E-state index contributed by atoms with van der Waals surface area (Å²) in [5.41, 5.74) is 4.93. The number of amides is 1. The van der Waals surface area contributed by atoms with Crippen molar-refractivity contribution < 1.29 is 9.53 Å². The average Bonchev–Trinajstić information content (AvgIpc) is 3.21. The molecule has 2 aromatic carbocycles. The van der Waals surface area contributed by atoms with Gasteiger partial charge in [0.15, 0.2) is 5.13 Å². The van der Waals surface area contributed by atoms with Crippen molar-refractivity contribution >= 4 is 44.2 Å². The number of carbonyl (C=O) groups excluding carboxylic acids is 1. The molecule has 0 aliphatic rings. The van der Waals surface area contributed by atoms with Gasteiger partial charge in [0.25, 0.3) is 0 Å². The summed E-state index contributed by atoms with van der Waals surface area (Å²) in [5, 5.41) is 1.17. The molecule has 0 aliphatic carbocycles. The van der Waals surface area contributed by atoms with Gasteiger partial charge in [-0.15, -0.1) is 0 Å². The van der Waals surface area contributed by atoms with Gasteiger partial charge in [0.2, 0.25) is 5.91 Å². The topological polar surface area (TPSA) is 55.3 Å². The molecule has 0 aliphatic heterocycles. The minimum Gasteiger partial charge on any atom is -0.494 e. The van der Waals surface area contributed by atoms with E-state index >= 15 is 0 Å². The lowest BCUT2D eigenvalue weighted by atomic mass is 10.0. The molecule has 0 unspecified atom stereocenters. The van der Waals surface area contributed by atoms with E-state index < -0.39 is 0 Å². The quantitative estimate of drug-likeness (QED) is 0.374. The number of hydrogen-bond acceptors (Lipinski definition) is 5. The van der Waals surface area contributed by atoms with Crippen LogP contribution in [0.25, 0.3) is 10.2 Å². The Morgan fingerprint density at radius 1 is 1.13 bits per heavy atom. The second kappa shape index (κ2) is 9.04. The van der Waals surface area contributed by atoms with Gasteiger partial charge in [-0.3, -0.25) is 14.7 Å². The Kier molecular flexibility index (Phi) is 6.20. The predicted molar refractivity (Wildman–Crippen MR) is 126 cm³/mol. The van der Waals surface area contributed by atoms with E-state index in [2.05, 4.69) is 24.9 Å². The summed E-state index contributed by atoms with van der Waals surface area (Å²) in [6.45, 7) is 4.49. The fourth-order valence-corrected chi connectivity index (χ4v) is 4.61. The monoisotopic (exact) mass is 451 g/mol. The lowest BCUT2D eigenvalue weighted by Crippen LogP contribution is -2.31. The molecule has 4 aromatic rings. The number of aromatic nitrogens is 2. The van der Waals surface area contributed by atoms with Gasteiger partial charge in [-0.25, -0.2) is 4.98 Å². The number of anilines is 1. The van der Waals surface area contributed by atoms with E-state index in [-0.39, 0.29) is 12.3 Å². The molecule has 5 nitrogen and oxygen atoms in total. The Morgan fingerprint density at radius 3 is 2.68 bits per heavy atom. The van der Waals surface area contributed by atoms with E-state index in [0.29, 0.717) is 28.0 Å². The van der Waals surface area contributed by atoms with Crippen LogP contribution in [-0.2, 0) is 17.8 Å². The van der Waals surface area contributed by atoms with E-state index in [9.17, 15) is 4.79 Å². The van der Waals surface area contributed by atoms with Crippen LogP contribution in [0.15, 0.2) is 54.9 Å². The molecule has 0 fully saturated rings. The maximum atomic E-state index is 13.4. The number of benzene rings is 2. The molecule has 0 atom stereocenters. The highest BCUT2D eigenvalue weighted by Crippen LogP contribution is 2.39. The summed E-state index contributed by atoms with van der Waals surface area (Å²) in [5.74, 6) is 0.589. The second-order valence-electron chi connectivity index (χ2n) is 7.36. The fraction of sp³-hybridized carbons (Fsp3) is 0.208. The smallest absolute Gasteiger partial charge is 0.233 e. The molecular weight excluding hydrogens is 430 g/mol. The molecule has 158 valence electrons. The zero-order valence-electron chi connectivity index (χ0n) is 17.6. The van der Waals surface area contributed by atoms with E-state index in [1.807, 2.05) is 24.3 Å². The maximum absolute atomic E-state index is 13.4. The van der Waals surface area contributed by atoms with Gasteiger partial charge in [0.05, 0.1) is 29.8 Å². The van der Waals surface area contributed by atoms with Gasteiger partial charge >= 0.3 is 0 Å². The van der Waals surface area contributed by atoms with Crippen molar-refractivity contribution in [2.45, 2.75) is 26.8 Å². The number of thiazole rings is 1. The number of rotatable bonds is 6. The molecule has 0 saturated heterocycles. The SMILES string of the molecule is COc1ccc(Cl)c2sc(N(Cc3cccnc3)C(=O)Cc3ccc(C)c(C)c3)nc12. The van der Waals surface area contributed by atoms with Crippen molar-refractivity contribution in [2.24, 2.45) is 0 Å². The van der Waals surface area contributed by atoms with Crippen LogP contribution < -0.4 is 9.64 Å². The van der Waals surface area contributed by atoms with E-state index in [1.165, 1.54) is 22.5 Å². The first-order valence-electron chi connectivity index (χ1n) is 9.84. The van der Waals surface area contributed by atoms with Crippen molar-refractivity contribution in [1.82, 2.24) is 9.97 Å². The Hall–Kier alpha value is -2.96. The lowest BCUT2D eigenvalue weighted by molar-refractivity contribution is -0.118. The van der Waals surface area contributed by atoms with Gasteiger partial charge in [0.1, 0.15) is 11.3 Å². The fourth-order valence-electron chi connectivity index (χ4n) is 3.34. The maximum Gasteiger partial charge on any atom is 0.233 e. The highest BCUT2D eigenvalue weighted by molar-refractivity contribution is 7.23. The van der Waals surface area contributed by atoms with Crippen molar-refractivity contribution in [3.05, 3.63) is 82.1 Å². The number of nitrogens with zero attached hydrogens (tertiary/aromatic N) is 3. The summed E-state index contributed by atoms with van der Waals surface area (Å²) in [6, 6.07) is 13.5. The molecule has 31 heavy (non-hydrogen) atoms. The first kappa shape index (κ1) is 21.3. The summed E-state index contributed by atoms with van der Waals surface area (Å²) in [4.78, 5) is 24.1. The van der Waals surface area contributed by atoms with E-state index in [1.54, 1.807) is 36.5 Å². The Labute approximate surface area is 190 Å². The standard InChI is InChI=1S/C24H22ClN3O2S/c1-15-6-7-17(11-16(15)2)12-21(29)28(14-18-5-4-10-26-13-18)24-27-22-20(30-3)9-8-19(25)23(22)31-24/h4-11,13H,12,14H2,1-3H3. The summed E-state index contributed by atoms with van der Waals surface area (Å²) < 4.78 is 6.24. The Morgan fingerprint density at radius 2 is 1.97 bits per heavy atom. The molecule has 0 saturated carbocycles. The predicted octanol–water partition coefficient (Wildman–Crippen LogP) is 5.75. The highest BCUT2D eigenvalue weighted by atomic mass is 35.5. The van der Waals surface area contributed by atoms with Gasteiger partial charge in [-0.1, -0.05) is 47.2 Å². The van der Waals surface area contributed by atoms with Crippen molar-refractivity contribution in [3.63, 3.8) is 0 Å². The Balaban J connectivity index is 1.73. The number of carbonyl (C=O) groups is 1. The number of fused-ring (bicyclic) bond motifs is 1. The number of ether oxygens (including phenoxy) is 1. The largest absolute Gasteiger partial charge is 0.494 e. The third-order valence-electron chi connectivity index (χ3n) is 5.19. The van der Waals surface area contributed by atoms with E-state index in [4.69, 9.17) is 21.3 Å². The van der Waals surface area contributed by atoms with Crippen molar-refractivity contribution in [1.29, 1.82) is 0 Å². The van der Waals surface area contributed by atoms with Gasteiger partial charge in [-0.05, 0) is 54.3 Å².